The van der Waals surface area contributed by atoms with Crippen LogP contribution in [0.3, 0.4) is 0 Å². The molecular weight excluding hydrogens is 482 g/mol. The number of halogens is 2. The monoisotopic (exact) mass is 512 g/mol. The van der Waals surface area contributed by atoms with Crippen LogP contribution < -0.4 is 5.32 Å². The first-order valence-electron chi connectivity index (χ1n) is 12.3. The molecule has 1 saturated heterocycles. The first-order chi connectivity index (χ1) is 17.8. The van der Waals surface area contributed by atoms with Gasteiger partial charge < -0.3 is 15.0 Å². The van der Waals surface area contributed by atoms with E-state index in [9.17, 15) is 23.2 Å². The van der Waals surface area contributed by atoms with Gasteiger partial charge in [-0.05, 0) is 49.2 Å². The largest absolute Gasteiger partial charge is 0.463 e. The zero-order valence-corrected chi connectivity index (χ0v) is 20.9. The van der Waals surface area contributed by atoms with Gasteiger partial charge in [-0.2, -0.15) is 0 Å². The molecule has 1 atom stereocenters. The smallest absolute Gasteiger partial charge is 0.338 e. The van der Waals surface area contributed by atoms with Crippen LogP contribution in [0.25, 0.3) is 0 Å². The molecule has 2 heterocycles. The van der Waals surface area contributed by atoms with Crippen molar-refractivity contribution in [2.24, 2.45) is 0 Å². The van der Waals surface area contributed by atoms with E-state index < -0.39 is 29.7 Å². The molecule has 0 saturated carbocycles. The van der Waals surface area contributed by atoms with Gasteiger partial charge in [0.1, 0.15) is 11.6 Å². The molecule has 8 nitrogen and oxygen atoms in total. The van der Waals surface area contributed by atoms with Crippen LogP contribution in [0.1, 0.15) is 35.3 Å². The van der Waals surface area contributed by atoms with E-state index in [4.69, 9.17) is 4.74 Å². The van der Waals surface area contributed by atoms with Crippen LogP contribution in [-0.2, 0) is 9.53 Å². The van der Waals surface area contributed by atoms with Crippen molar-refractivity contribution in [2.75, 3.05) is 46.4 Å². The summed E-state index contributed by atoms with van der Waals surface area (Å²) in [5, 5.41) is 2.82. The van der Waals surface area contributed by atoms with E-state index >= 15 is 0 Å². The molecule has 0 aromatic heterocycles. The Labute approximate surface area is 214 Å². The molecule has 10 heteroatoms. The third kappa shape index (κ3) is 5.96. The minimum absolute atomic E-state index is 0.157. The van der Waals surface area contributed by atoms with Gasteiger partial charge in [-0.15, -0.1) is 0 Å². The molecule has 4 rings (SSSR count). The molecule has 196 valence electrons. The van der Waals surface area contributed by atoms with Gasteiger partial charge in [-0.3, -0.25) is 14.6 Å². The minimum atomic E-state index is -0.795. The summed E-state index contributed by atoms with van der Waals surface area (Å²) in [6.45, 7) is 4.18. The molecule has 2 aliphatic rings. The molecule has 37 heavy (non-hydrogen) atoms. The lowest BCUT2D eigenvalue weighted by atomic mass is 9.94. The summed E-state index contributed by atoms with van der Waals surface area (Å²) in [4.78, 5) is 44.1. The Kier molecular flexibility index (Phi) is 8.17. The quantitative estimate of drug-likeness (QED) is 0.601. The molecule has 1 N–H and O–H groups in total. The fraction of sp³-hybridized carbons (Fsp3) is 0.370. The average Bonchev–Trinajstić information content (AvgIpc) is 3.12. The van der Waals surface area contributed by atoms with E-state index in [1.807, 2.05) is 0 Å². The highest BCUT2D eigenvalue weighted by Crippen LogP contribution is 2.31. The summed E-state index contributed by atoms with van der Waals surface area (Å²) >= 11 is 0. The number of carbonyl (C=O) groups is 3. The maximum absolute atomic E-state index is 13.6. The Morgan fingerprint density at radius 1 is 1.03 bits per heavy atom. The predicted molar refractivity (Wildman–Crippen MR) is 132 cm³/mol. The fourth-order valence-corrected chi connectivity index (χ4v) is 4.65. The Balaban J connectivity index is 1.59. The molecule has 0 spiro atoms. The van der Waals surface area contributed by atoms with E-state index in [-0.39, 0.29) is 24.6 Å². The number of carbonyl (C=O) groups excluding carboxylic acids is 3. The first kappa shape index (κ1) is 26.3. The first-order valence-corrected chi connectivity index (χ1v) is 12.3. The normalized spacial score (nSPS) is 18.9. The van der Waals surface area contributed by atoms with E-state index in [2.05, 4.69) is 10.2 Å². The van der Waals surface area contributed by atoms with Crippen molar-refractivity contribution >= 4 is 17.9 Å². The van der Waals surface area contributed by atoms with Gasteiger partial charge >= 0.3 is 12.0 Å². The number of nitrogens with zero attached hydrogens (tertiary/aromatic N) is 3. The third-order valence-electron chi connectivity index (χ3n) is 6.60. The highest BCUT2D eigenvalue weighted by molar-refractivity contribution is 5.95. The zero-order valence-electron chi connectivity index (χ0n) is 20.9. The number of likely N-dealkylation sites (N-methyl/N-ethyl adjacent to an activating group) is 1. The van der Waals surface area contributed by atoms with Crippen LogP contribution in [0, 0.1) is 11.6 Å². The Hall–Kier alpha value is -3.79. The second-order valence-corrected chi connectivity index (χ2v) is 9.01. The molecule has 3 amide bonds. The molecular formula is C27H30F2N4O4. The zero-order chi connectivity index (χ0) is 26.5. The molecule has 1 fully saturated rings. The molecule has 0 radical (unpaired) electrons. The average molecular weight is 513 g/mol. The Morgan fingerprint density at radius 3 is 2.49 bits per heavy atom. The SMILES string of the molecule is CCOC(=O)C1=C(CN2CCCN(C(=O)c3cccc(F)c3)CC2)N(C)C(=O)N[C@@H]1c1ccc(F)cc1. The summed E-state index contributed by atoms with van der Waals surface area (Å²) in [7, 11) is 1.59. The topological polar surface area (TPSA) is 82.2 Å². The second-order valence-electron chi connectivity index (χ2n) is 9.01. The van der Waals surface area contributed by atoms with E-state index in [0.29, 0.717) is 49.4 Å². The van der Waals surface area contributed by atoms with Crippen molar-refractivity contribution in [1.29, 1.82) is 0 Å². The highest BCUT2D eigenvalue weighted by Gasteiger charge is 2.37. The van der Waals surface area contributed by atoms with Crippen molar-refractivity contribution < 1.29 is 27.9 Å². The molecule has 0 bridgehead atoms. The van der Waals surface area contributed by atoms with E-state index in [0.717, 1.165) is 0 Å². The lowest BCUT2D eigenvalue weighted by Gasteiger charge is -2.36. The minimum Gasteiger partial charge on any atom is -0.463 e. The predicted octanol–water partition coefficient (Wildman–Crippen LogP) is 3.33. The number of hydrogen-bond donors (Lipinski definition) is 1. The summed E-state index contributed by atoms with van der Waals surface area (Å²) in [6.07, 6.45) is 0.667. The van der Waals surface area contributed by atoms with Crippen molar-refractivity contribution in [2.45, 2.75) is 19.4 Å². The number of hydrogen-bond acceptors (Lipinski definition) is 5. The Morgan fingerprint density at radius 2 is 1.78 bits per heavy atom. The number of esters is 1. The molecule has 2 aromatic rings. The second kappa shape index (κ2) is 11.5. The number of nitrogens with one attached hydrogen (secondary N) is 1. The number of benzene rings is 2. The van der Waals surface area contributed by atoms with Crippen molar-refractivity contribution in [1.82, 2.24) is 20.0 Å². The van der Waals surface area contributed by atoms with Gasteiger partial charge in [0, 0.05) is 51.0 Å². The summed E-state index contributed by atoms with van der Waals surface area (Å²) < 4.78 is 32.5. The maximum Gasteiger partial charge on any atom is 0.338 e. The van der Waals surface area contributed by atoms with Crippen LogP contribution in [0.2, 0.25) is 0 Å². The molecule has 0 aliphatic carbocycles. The van der Waals surface area contributed by atoms with Crippen molar-refractivity contribution in [3.05, 3.63) is 82.6 Å². The van der Waals surface area contributed by atoms with Crippen molar-refractivity contribution in [3.63, 3.8) is 0 Å². The van der Waals surface area contributed by atoms with Crippen LogP contribution in [0.5, 0.6) is 0 Å². The fourth-order valence-electron chi connectivity index (χ4n) is 4.65. The highest BCUT2D eigenvalue weighted by atomic mass is 19.1. The summed E-state index contributed by atoms with van der Waals surface area (Å²) in [5.74, 6) is -1.68. The van der Waals surface area contributed by atoms with Crippen LogP contribution in [0.4, 0.5) is 13.6 Å². The summed E-state index contributed by atoms with van der Waals surface area (Å²) in [6, 6.07) is 10.1. The number of urea groups is 1. The molecule has 2 aromatic carbocycles. The van der Waals surface area contributed by atoms with Gasteiger partial charge in [-0.1, -0.05) is 18.2 Å². The van der Waals surface area contributed by atoms with Gasteiger partial charge in [0.05, 0.1) is 18.2 Å². The lowest BCUT2D eigenvalue weighted by Crippen LogP contribution is -2.49. The molecule has 0 unspecified atom stereocenters. The van der Waals surface area contributed by atoms with Gasteiger partial charge in [0.2, 0.25) is 0 Å². The Bertz CT molecular complexity index is 1200. The number of amides is 3. The van der Waals surface area contributed by atoms with E-state index in [1.165, 1.54) is 47.4 Å². The van der Waals surface area contributed by atoms with Gasteiger partial charge in [0.25, 0.3) is 5.91 Å². The van der Waals surface area contributed by atoms with E-state index in [1.54, 1.807) is 24.9 Å². The van der Waals surface area contributed by atoms with Crippen molar-refractivity contribution in [3.8, 4) is 0 Å². The third-order valence-corrected chi connectivity index (χ3v) is 6.60. The number of ether oxygens (including phenoxy) is 1. The van der Waals surface area contributed by atoms with Gasteiger partial charge in [-0.25, -0.2) is 18.4 Å². The summed E-state index contributed by atoms with van der Waals surface area (Å²) in [5.41, 5.74) is 1.63. The van der Waals surface area contributed by atoms with Gasteiger partial charge in [0.15, 0.2) is 0 Å². The van der Waals surface area contributed by atoms with Crippen LogP contribution in [-0.4, -0.2) is 79.0 Å². The molecule has 2 aliphatic heterocycles. The number of rotatable bonds is 6. The standard InChI is InChI=1S/C27H30F2N4O4/c1-3-37-26(35)23-22(31(2)27(36)30-24(23)18-8-10-20(28)11-9-18)17-32-12-5-13-33(15-14-32)25(34)19-6-4-7-21(29)16-19/h4,6-11,16,24H,3,5,12-15,17H2,1-2H3,(H,30,36)/t24-/m1/s1. The van der Waals surface area contributed by atoms with Crippen LogP contribution >= 0.6 is 0 Å². The maximum atomic E-state index is 13.6. The lowest BCUT2D eigenvalue weighted by molar-refractivity contribution is -0.139. The van der Waals surface area contributed by atoms with Crippen LogP contribution in [0.15, 0.2) is 59.8 Å².